The zero-order valence-corrected chi connectivity index (χ0v) is 22.6. The van der Waals surface area contributed by atoms with Crippen molar-refractivity contribution < 1.29 is 14.0 Å². The van der Waals surface area contributed by atoms with E-state index in [0.29, 0.717) is 12.3 Å². The van der Waals surface area contributed by atoms with Crippen LogP contribution in [0.5, 0.6) is 0 Å². The Balaban J connectivity index is 1.29. The van der Waals surface area contributed by atoms with Crippen molar-refractivity contribution in [1.82, 2.24) is 15.5 Å². The van der Waals surface area contributed by atoms with E-state index in [1.165, 1.54) is 49.8 Å². The van der Waals surface area contributed by atoms with Gasteiger partial charge in [-0.1, -0.05) is 68.5 Å². The minimum absolute atomic E-state index is 0.0120. The molecule has 6 heteroatoms. The minimum Gasteiger partial charge on any atom is -0.344 e. The number of hydrogen-bond acceptors (Lipinski definition) is 3. The van der Waals surface area contributed by atoms with E-state index in [1.807, 2.05) is 24.1 Å². The molecule has 2 N–H and O–H groups in total. The normalized spacial score (nSPS) is 23.5. The molecule has 38 heavy (non-hydrogen) atoms. The van der Waals surface area contributed by atoms with Gasteiger partial charge in [0.05, 0.1) is 5.92 Å². The molecular weight excluding hydrogens is 477 g/mol. The van der Waals surface area contributed by atoms with E-state index >= 15 is 0 Å². The number of piperidine rings is 1. The molecule has 1 heterocycles. The fourth-order valence-electron chi connectivity index (χ4n) is 7.15. The van der Waals surface area contributed by atoms with Gasteiger partial charge in [0.15, 0.2) is 0 Å². The van der Waals surface area contributed by atoms with Gasteiger partial charge in [0.2, 0.25) is 11.8 Å². The van der Waals surface area contributed by atoms with Gasteiger partial charge in [0.25, 0.3) is 0 Å². The number of benzene rings is 2. The molecule has 2 unspecified atom stereocenters. The number of rotatable bonds is 7. The monoisotopic (exact) mass is 519 g/mol. The van der Waals surface area contributed by atoms with Crippen LogP contribution in [-0.4, -0.2) is 42.9 Å². The zero-order valence-electron chi connectivity index (χ0n) is 22.6. The van der Waals surface area contributed by atoms with Crippen molar-refractivity contribution in [2.45, 2.75) is 76.3 Å². The van der Waals surface area contributed by atoms with Crippen molar-refractivity contribution in [3.63, 3.8) is 0 Å². The Hall–Kier alpha value is -2.73. The summed E-state index contributed by atoms with van der Waals surface area (Å²) >= 11 is 0. The predicted molar refractivity (Wildman–Crippen MR) is 148 cm³/mol. The highest BCUT2D eigenvalue weighted by atomic mass is 19.1. The molecule has 2 fully saturated rings. The zero-order chi connectivity index (χ0) is 26.5. The van der Waals surface area contributed by atoms with Gasteiger partial charge >= 0.3 is 0 Å². The summed E-state index contributed by atoms with van der Waals surface area (Å²) in [6.07, 6.45) is 10.8. The molecule has 2 aromatic rings. The van der Waals surface area contributed by atoms with E-state index in [0.717, 1.165) is 55.8 Å². The third kappa shape index (κ3) is 6.12. The van der Waals surface area contributed by atoms with Gasteiger partial charge in [0.1, 0.15) is 11.9 Å². The Morgan fingerprint density at radius 2 is 1.61 bits per heavy atom. The first-order valence-electron chi connectivity index (χ1n) is 14.6. The van der Waals surface area contributed by atoms with Gasteiger partial charge in [-0.2, -0.15) is 0 Å². The Morgan fingerprint density at radius 3 is 2.32 bits per heavy atom. The minimum atomic E-state index is -0.658. The number of likely N-dealkylation sites (tertiary alicyclic amines) is 1. The number of aryl methyl sites for hydroxylation is 1. The van der Waals surface area contributed by atoms with Crippen LogP contribution in [0.1, 0.15) is 74.1 Å². The highest BCUT2D eigenvalue weighted by Crippen LogP contribution is 2.36. The van der Waals surface area contributed by atoms with Crippen LogP contribution in [0.4, 0.5) is 4.39 Å². The van der Waals surface area contributed by atoms with Crippen LogP contribution < -0.4 is 10.6 Å². The molecule has 0 bridgehead atoms. The molecule has 2 aromatic carbocycles. The fraction of sp³-hybridized carbons (Fsp3) is 0.562. The number of hydrogen-bond donors (Lipinski definition) is 2. The number of fused-ring (bicyclic) bond motifs is 1. The molecule has 3 aliphatic rings. The molecule has 1 saturated carbocycles. The molecule has 5 rings (SSSR count). The molecule has 2 amide bonds. The van der Waals surface area contributed by atoms with Crippen LogP contribution >= 0.6 is 0 Å². The maximum absolute atomic E-state index is 13.8. The summed E-state index contributed by atoms with van der Waals surface area (Å²) in [4.78, 5) is 29.5. The number of nitrogens with zero attached hydrogens (tertiary/aromatic N) is 1. The first kappa shape index (κ1) is 26.9. The van der Waals surface area contributed by atoms with Gasteiger partial charge in [0, 0.05) is 25.6 Å². The van der Waals surface area contributed by atoms with Crippen LogP contribution in [0.15, 0.2) is 48.5 Å². The molecule has 3 atom stereocenters. The molecule has 0 radical (unpaired) electrons. The van der Waals surface area contributed by atoms with E-state index in [1.54, 1.807) is 12.1 Å². The van der Waals surface area contributed by atoms with Gasteiger partial charge in [-0.05, 0) is 73.4 Å². The Kier molecular flexibility index (Phi) is 8.78. The third-order valence-electron chi connectivity index (χ3n) is 9.30. The van der Waals surface area contributed by atoms with E-state index in [4.69, 9.17) is 0 Å². The third-order valence-corrected chi connectivity index (χ3v) is 9.30. The maximum Gasteiger partial charge on any atom is 0.245 e. The van der Waals surface area contributed by atoms with Crippen LogP contribution in [0, 0.1) is 23.6 Å². The average molecular weight is 520 g/mol. The Morgan fingerprint density at radius 1 is 0.921 bits per heavy atom. The summed E-state index contributed by atoms with van der Waals surface area (Å²) in [6, 6.07) is 13.8. The van der Waals surface area contributed by atoms with Crippen molar-refractivity contribution in [2.24, 2.45) is 17.8 Å². The molecule has 1 saturated heterocycles. The second-order valence-corrected chi connectivity index (χ2v) is 11.6. The summed E-state index contributed by atoms with van der Waals surface area (Å²) in [5.41, 5.74) is 3.28. The summed E-state index contributed by atoms with van der Waals surface area (Å²) in [5.74, 6) is 0.864. The van der Waals surface area contributed by atoms with Crippen molar-refractivity contribution >= 4 is 11.8 Å². The maximum atomic E-state index is 13.8. The molecular formula is C32H42FN3O2. The number of halogens is 1. The average Bonchev–Trinajstić information content (AvgIpc) is 2.97. The second-order valence-electron chi connectivity index (χ2n) is 11.6. The van der Waals surface area contributed by atoms with E-state index in [9.17, 15) is 14.0 Å². The lowest BCUT2D eigenvalue weighted by Gasteiger charge is -2.39. The molecule has 5 nitrogen and oxygen atoms in total. The second kappa shape index (κ2) is 12.4. The quantitative estimate of drug-likeness (QED) is 0.529. The smallest absolute Gasteiger partial charge is 0.245 e. The topological polar surface area (TPSA) is 61.4 Å². The van der Waals surface area contributed by atoms with E-state index in [-0.39, 0.29) is 29.6 Å². The lowest BCUT2D eigenvalue weighted by atomic mass is 9.76. The number of carbonyl (C=O) groups excluding carboxylic acids is 2. The van der Waals surface area contributed by atoms with Crippen molar-refractivity contribution in [2.75, 3.05) is 20.1 Å². The fourth-order valence-corrected chi connectivity index (χ4v) is 7.15. The SMILES string of the molecule is CNC1c2ccccc2CCC1C(=O)N[C@H](Cc1ccc(F)cc1)C(=O)N1CCC(C2CCCCC2)CC1. The lowest BCUT2D eigenvalue weighted by molar-refractivity contribution is -0.139. The molecule has 204 valence electrons. The highest BCUT2D eigenvalue weighted by molar-refractivity contribution is 5.89. The van der Waals surface area contributed by atoms with Gasteiger partial charge in [-0.25, -0.2) is 4.39 Å². The van der Waals surface area contributed by atoms with Gasteiger partial charge in [-0.15, -0.1) is 0 Å². The van der Waals surface area contributed by atoms with E-state index in [2.05, 4.69) is 22.8 Å². The Labute approximate surface area is 226 Å². The van der Waals surface area contributed by atoms with Crippen LogP contribution in [0.3, 0.4) is 0 Å². The van der Waals surface area contributed by atoms with Crippen LogP contribution in [-0.2, 0) is 22.4 Å². The first-order chi connectivity index (χ1) is 18.5. The molecule has 0 spiro atoms. The van der Waals surface area contributed by atoms with Crippen LogP contribution in [0.2, 0.25) is 0 Å². The van der Waals surface area contributed by atoms with Gasteiger partial charge in [-0.3, -0.25) is 9.59 Å². The molecule has 0 aromatic heterocycles. The summed E-state index contributed by atoms with van der Waals surface area (Å²) in [6.45, 7) is 1.51. The predicted octanol–water partition coefficient (Wildman–Crippen LogP) is 5.20. The first-order valence-corrected chi connectivity index (χ1v) is 14.6. The summed E-state index contributed by atoms with van der Waals surface area (Å²) in [5, 5.41) is 6.50. The van der Waals surface area contributed by atoms with E-state index < -0.39 is 6.04 Å². The number of nitrogens with one attached hydrogen (secondary N) is 2. The standard InChI is InChI=1S/C32H42FN3O2/c1-34-30-27-10-6-5-9-25(27)13-16-28(30)31(37)35-29(21-22-11-14-26(33)15-12-22)32(38)36-19-17-24(18-20-36)23-7-3-2-4-8-23/h5-6,9-12,14-15,23-24,28-30,34H,2-4,7-8,13,16-21H2,1H3,(H,35,37)/t28?,29-,30?/m1/s1. The summed E-state index contributed by atoms with van der Waals surface area (Å²) in [7, 11) is 1.89. The van der Waals surface area contributed by atoms with Crippen molar-refractivity contribution in [3.8, 4) is 0 Å². The molecule has 1 aliphatic heterocycles. The molecule has 2 aliphatic carbocycles. The largest absolute Gasteiger partial charge is 0.344 e. The highest BCUT2D eigenvalue weighted by Gasteiger charge is 2.37. The Bertz CT molecular complexity index is 1090. The van der Waals surface area contributed by atoms with Crippen molar-refractivity contribution in [3.05, 3.63) is 71.0 Å². The number of amides is 2. The van der Waals surface area contributed by atoms with Crippen LogP contribution in [0.25, 0.3) is 0 Å². The summed E-state index contributed by atoms with van der Waals surface area (Å²) < 4.78 is 13.6. The van der Waals surface area contributed by atoms with Crippen molar-refractivity contribution in [1.29, 1.82) is 0 Å². The van der Waals surface area contributed by atoms with Gasteiger partial charge < -0.3 is 15.5 Å². The lowest BCUT2D eigenvalue weighted by Crippen LogP contribution is -2.54. The number of carbonyl (C=O) groups is 2.